The van der Waals surface area contributed by atoms with E-state index in [9.17, 15) is 14.3 Å². The van der Waals surface area contributed by atoms with Gasteiger partial charge in [-0.15, -0.1) is 0 Å². The molecule has 2 aromatic carbocycles. The summed E-state index contributed by atoms with van der Waals surface area (Å²) >= 11 is 0. The standard InChI is InChI=1S/C32H34FN5O3/c1-5-20(6-2)28-27-26(32(39)40)24(7-3)29(36-30(27)38(37-28)23-15-13-22(33)14-16-23)34-18-17-25-19(4)41-31(35-25)21-11-9-8-10-12-21/h8-16,20H,5-7,17-18H2,1-4H3,(H,34,36)(H,39,40). The number of nitrogens with one attached hydrogen (secondary N) is 1. The van der Waals surface area contributed by atoms with Crippen LogP contribution in [0.2, 0.25) is 0 Å². The zero-order chi connectivity index (χ0) is 29.1. The molecule has 0 fully saturated rings. The van der Waals surface area contributed by atoms with Crippen molar-refractivity contribution < 1.29 is 18.7 Å². The minimum atomic E-state index is -1.02. The van der Waals surface area contributed by atoms with Gasteiger partial charge >= 0.3 is 5.97 Å². The molecule has 2 N–H and O–H groups in total. The number of anilines is 1. The first-order valence-corrected chi connectivity index (χ1v) is 14.1. The van der Waals surface area contributed by atoms with Gasteiger partial charge in [0.05, 0.1) is 28.0 Å². The molecule has 5 aromatic rings. The lowest BCUT2D eigenvalue weighted by atomic mass is 9.93. The van der Waals surface area contributed by atoms with Crippen molar-refractivity contribution in [1.29, 1.82) is 0 Å². The van der Waals surface area contributed by atoms with Crippen LogP contribution in [0.25, 0.3) is 28.2 Å². The van der Waals surface area contributed by atoms with E-state index in [1.165, 1.54) is 12.1 Å². The molecule has 0 spiro atoms. The van der Waals surface area contributed by atoms with Crippen LogP contribution < -0.4 is 5.32 Å². The van der Waals surface area contributed by atoms with Crippen molar-refractivity contribution in [2.75, 3.05) is 11.9 Å². The van der Waals surface area contributed by atoms with E-state index >= 15 is 0 Å². The van der Waals surface area contributed by atoms with Gasteiger partial charge in [-0.3, -0.25) is 0 Å². The Morgan fingerprint density at radius 1 is 1.05 bits per heavy atom. The minimum absolute atomic E-state index is 0.0524. The first-order chi connectivity index (χ1) is 19.9. The van der Waals surface area contributed by atoms with E-state index in [-0.39, 0.29) is 17.3 Å². The zero-order valence-corrected chi connectivity index (χ0v) is 23.7. The second-order valence-corrected chi connectivity index (χ2v) is 10.0. The number of benzene rings is 2. The van der Waals surface area contributed by atoms with Gasteiger partial charge in [0.1, 0.15) is 17.4 Å². The Labute approximate surface area is 238 Å². The number of carboxylic acids is 1. The van der Waals surface area contributed by atoms with Crippen LogP contribution in [0.4, 0.5) is 10.2 Å². The summed E-state index contributed by atoms with van der Waals surface area (Å²) in [5.74, 6) is 0.456. The summed E-state index contributed by atoms with van der Waals surface area (Å²) in [6.07, 6.45) is 2.63. The highest BCUT2D eigenvalue weighted by Crippen LogP contribution is 2.36. The van der Waals surface area contributed by atoms with Crippen LogP contribution in [-0.2, 0) is 12.8 Å². The maximum atomic E-state index is 13.8. The fourth-order valence-corrected chi connectivity index (χ4v) is 5.32. The first-order valence-electron chi connectivity index (χ1n) is 14.1. The van der Waals surface area contributed by atoms with Crippen LogP contribution in [0.3, 0.4) is 0 Å². The predicted octanol–water partition coefficient (Wildman–Crippen LogP) is 7.34. The quantitative estimate of drug-likeness (QED) is 0.176. The van der Waals surface area contributed by atoms with Crippen molar-refractivity contribution in [3.63, 3.8) is 0 Å². The van der Waals surface area contributed by atoms with Crippen molar-refractivity contribution in [2.45, 2.75) is 59.3 Å². The molecule has 0 aliphatic carbocycles. The fourth-order valence-electron chi connectivity index (χ4n) is 5.32. The van der Waals surface area contributed by atoms with Gasteiger partial charge in [-0.05, 0) is 62.6 Å². The number of aromatic nitrogens is 4. The number of pyridine rings is 1. The van der Waals surface area contributed by atoms with Crippen molar-refractivity contribution in [1.82, 2.24) is 19.7 Å². The minimum Gasteiger partial charge on any atom is -0.478 e. The largest absolute Gasteiger partial charge is 0.478 e. The lowest BCUT2D eigenvalue weighted by Crippen LogP contribution is -2.14. The molecule has 3 heterocycles. The molecular weight excluding hydrogens is 521 g/mol. The van der Waals surface area contributed by atoms with E-state index in [2.05, 4.69) is 24.1 Å². The predicted molar refractivity (Wildman–Crippen MR) is 157 cm³/mol. The highest BCUT2D eigenvalue weighted by atomic mass is 19.1. The normalized spacial score (nSPS) is 11.5. The molecule has 0 unspecified atom stereocenters. The molecule has 5 rings (SSSR count). The maximum absolute atomic E-state index is 13.8. The third-order valence-electron chi connectivity index (χ3n) is 7.52. The van der Waals surface area contributed by atoms with Gasteiger partial charge in [-0.1, -0.05) is 39.0 Å². The zero-order valence-electron chi connectivity index (χ0n) is 23.7. The third-order valence-corrected chi connectivity index (χ3v) is 7.52. The van der Waals surface area contributed by atoms with Gasteiger partial charge in [0, 0.05) is 30.0 Å². The molecule has 0 saturated carbocycles. The highest BCUT2D eigenvalue weighted by molar-refractivity contribution is 6.06. The number of hydrogen-bond acceptors (Lipinski definition) is 6. The highest BCUT2D eigenvalue weighted by Gasteiger charge is 2.28. The van der Waals surface area contributed by atoms with Crippen LogP contribution in [0.5, 0.6) is 0 Å². The maximum Gasteiger partial charge on any atom is 0.336 e. The first kappa shape index (κ1) is 28.0. The summed E-state index contributed by atoms with van der Waals surface area (Å²) in [4.78, 5) is 22.4. The van der Waals surface area contributed by atoms with Crippen molar-refractivity contribution in [3.05, 3.63) is 88.7 Å². The summed E-state index contributed by atoms with van der Waals surface area (Å²) in [6.45, 7) is 8.42. The average molecular weight is 556 g/mol. The van der Waals surface area contributed by atoms with Gasteiger partial charge < -0.3 is 14.8 Å². The van der Waals surface area contributed by atoms with E-state index in [1.807, 2.05) is 44.2 Å². The molecule has 9 heteroatoms. The second kappa shape index (κ2) is 11.9. The molecule has 0 amide bonds. The Morgan fingerprint density at radius 3 is 2.39 bits per heavy atom. The fraction of sp³-hybridized carbons (Fsp3) is 0.312. The average Bonchev–Trinajstić information content (AvgIpc) is 3.54. The van der Waals surface area contributed by atoms with Gasteiger partial charge in [-0.25, -0.2) is 23.8 Å². The Bertz CT molecular complexity index is 1670. The number of hydrogen-bond donors (Lipinski definition) is 2. The van der Waals surface area contributed by atoms with E-state index in [4.69, 9.17) is 14.5 Å². The smallest absolute Gasteiger partial charge is 0.336 e. The molecule has 0 aliphatic rings. The number of nitrogens with zero attached hydrogens (tertiary/aromatic N) is 4. The van der Waals surface area contributed by atoms with Crippen LogP contribution in [0.1, 0.15) is 72.6 Å². The summed E-state index contributed by atoms with van der Waals surface area (Å²) in [7, 11) is 0. The third kappa shape index (κ3) is 5.44. The Hall–Kier alpha value is -4.53. The van der Waals surface area contributed by atoms with Crippen LogP contribution in [-0.4, -0.2) is 37.4 Å². The van der Waals surface area contributed by atoms with E-state index < -0.39 is 5.97 Å². The summed E-state index contributed by atoms with van der Waals surface area (Å²) in [5, 5.41) is 19.3. The van der Waals surface area contributed by atoms with Crippen LogP contribution >= 0.6 is 0 Å². The van der Waals surface area contributed by atoms with Gasteiger partial charge in [0.25, 0.3) is 0 Å². The van der Waals surface area contributed by atoms with Crippen molar-refractivity contribution in [2.24, 2.45) is 0 Å². The molecule has 0 aliphatic heterocycles. The number of carboxylic acid groups (broad SMARTS) is 1. The SMILES string of the molecule is CCc1c(NCCc2nc(-c3ccccc3)oc2C)nc2c(c(C(CC)CC)nn2-c2ccc(F)cc2)c1C(=O)O. The molecule has 3 aromatic heterocycles. The monoisotopic (exact) mass is 555 g/mol. The number of rotatable bonds is 11. The van der Waals surface area contributed by atoms with Crippen molar-refractivity contribution in [3.8, 4) is 17.1 Å². The lowest BCUT2D eigenvalue weighted by Gasteiger charge is -2.16. The van der Waals surface area contributed by atoms with Crippen molar-refractivity contribution >= 4 is 22.8 Å². The van der Waals surface area contributed by atoms with E-state index in [0.717, 1.165) is 29.9 Å². The Kier molecular flexibility index (Phi) is 8.14. The number of halogens is 1. The molecule has 0 atom stereocenters. The molecule has 0 bridgehead atoms. The summed E-state index contributed by atoms with van der Waals surface area (Å²) in [5.41, 5.74) is 4.30. The van der Waals surface area contributed by atoms with Gasteiger partial charge in [0.15, 0.2) is 5.65 Å². The number of aryl methyl sites for hydroxylation is 1. The van der Waals surface area contributed by atoms with E-state index in [1.54, 1.807) is 16.8 Å². The van der Waals surface area contributed by atoms with Gasteiger partial charge in [0.2, 0.25) is 5.89 Å². The summed E-state index contributed by atoms with van der Waals surface area (Å²) in [6, 6.07) is 15.7. The lowest BCUT2D eigenvalue weighted by molar-refractivity contribution is 0.0697. The Morgan fingerprint density at radius 2 is 1.76 bits per heavy atom. The molecule has 0 saturated heterocycles. The number of fused-ring (bicyclic) bond motifs is 1. The molecule has 8 nitrogen and oxygen atoms in total. The molecule has 212 valence electrons. The second-order valence-electron chi connectivity index (χ2n) is 10.0. The number of oxazole rings is 1. The van der Waals surface area contributed by atoms with Crippen LogP contribution in [0, 0.1) is 12.7 Å². The molecule has 0 radical (unpaired) electrons. The van der Waals surface area contributed by atoms with E-state index in [0.29, 0.717) is 59.1 Å². The molecular formula is C32H34FN5O3. The summed E-state index contributed by atoms with van der Waals surface area (Å²) < 4.78 is 21.3. The van der Waals surface area contributed by atoms with Gasteiger partial charge in [-0.2, -0.15) is 5.10 Å². The number of aromatic carboxylic acids is 1. The molecule has 41 heavy (non-hydrogen) atoms. The number of carbonyl (C=O) groups is 1. The topological polar surface area (TPSA) is 106 Å². The Balaban J connectivity index is 1.57. The van der Waals surface area contributed by atoms with Crippen LogP contribution in [0.15, 0.2) is 59.0 Å².